The number of nitrogens with two attached hydrogens (primary N) is 1. The third-order valence-corrected chi connectivity index (χ3v) is 9.37. The smallest absolute Gasteiger partial charge is 0.248 e. The van der Waals surface area contributed by atoms with Crippen molar-refractivity contribution in [2.45, 2.75) is 43.1 Å². The van der Waals surface area contributed by atoms with Crippen LogP contribution in [0.3, 0.4) is 0 Å². The van der Waals surface area contributed by atoms with E-state index >= 15 is 0 Å². The first-order valence-electron chi connectivity index (χ1n) is 11.9. The molecule has 0 spiro atoms. The minimum absolute atomic E-state index is 0.0128. The average Bonchev–Trinajstić information content (AvgIpc) is 3.40. The lowest BCUT2D eigenvalue weighted by atomic mass is 10.1. The van der Waals surface area contributed by atoms with Crippen molar-refractivity contribution in [3.05, 3.63) is 71.2 Å². The van der Waals surface area contributed by atoms with Gasteiger partial charge in [-0.1, -0.05) is 23.4 Å². The van der Waals surface area contributed by atoms with Crippen molar-refractivity contribution in [1.82, 2.24) is 14.4 Å². The summed E-state index contributed by atoms with van der Waals surface area (Å²) in [4.78, 5) is 40.3. The van der Waals surface area contributed by atoms with E-state index in [1.807, 2.05) is 18.2 Å². The molecule has 2 amide bonds. The number of fused-ring (bicyclic) bond motifs is 2. The van der Waals surface area contributed by atoms with E-state index in [0.29, 0.717) is 21.7 Å². The summed E-state index contributed by atoms with van der Waals surface area (Å²) in [5.41, 5.74) is 7.67. The molecule has 39 heavy (non-hydrogen) atoms. The quantitative estimate of drug-likeness (QED) is 0.360. The van der Waals surface area contributed by atoms with Crippen LogP contribution in [0.1, 0.15) is 39.1 Å². The Labute approximate surface area is 228 Å². The zero-order valence-electron chi connectivity index (χ0n) is 21.3. The zero-order chi connectivity index (χ0) is 28.1. The molecule has 1 aliphatic rings. The van der Waals surface area contributed by atoms with Crippen molar-refractivity contribution in [1.29, 1.82) is 0 Å². The van der Waals surface area contributed by atoms with E-state index in [-0.39, 0.29) is 40.1 Å². The van der Waals surface area contributed by atoms with E-state index in [9.17, 15) is 22.8 Å². The summed E-state index contributed by atoms with van der Waals surface area (Å²) in [7, 11) is -4.16. The summed E-state index contributed by atoms with van der Waals surface area (Å²) in [6, 6.07) is 10.9. The summed E-state index contributed by atoms with van der Waals surface area (Å²) >= 11 is 1.28. The van der Waals surface area contributed by atoms with Crippen LogP contribution in [0.5, 0.6) is 0 Å². The minimum atomic E-state index is -4.16. The van der Waals surface area contributed by atoms with E-state index < -0.39 is 27.9 Å². The molecule has 0 saturated heterocycles. The third kappa shape index (κ3) is 4.84. The minimum Gasteiger partial charge on any atom is -0.366 e. The molecular formula is C26H25N5O6S2. The highest BCUT2D eigenvalue weighted by molar-refractivity contribution is 7.99. The van der Waals surface area contributed by atoms with Gasteiger partial charge in [0.1, 0.15) is 16.6 Å². The second-order valence-corrected chi connectivity index (χ2v) is 11.9. The molecule has 0 radical (unpaired) electrons. The number of hydrogen-bond acceptors (Lipinski definition) is 8. The van der Waals surface area contributed by atoms with Crippen LogP contribution in [0, 0.1) is 13.8 Å². The summed E-state index contributed by atoms with van der Waals surface area (Å²) in [5.74, 6) is -1.19. The van der Waals surface area contributed by atoms with Crippen LogP contribution < -0.4 is 15.4 Å². The van der Waals surface area contributed by atoms with Crippen LogP contribution in [0.4, 0.5) is 5.69 Å². The fourth-order valence-electron chi connectivity index (χ4n) is 4.71. The number of nitrogens with one attached hydrogen (secondary N) is 1. The molecule has 3 N–H and O–H groups in total. The number of anilines is 1. The lowest BCUT2D eigenvalue weighted by molar-refractivity contribution is -0.119. The normalized spacial score (nSPS) is 15.8. The highest BCUT2D eigenvalue weighted by Crippen LogP contribution is 2.37. The second-order valence-electron chi connectivity index (χ2n) is 9.17. The second kappa shape index (κ2) is 9.98. The predicted octanol–water partition coefficient (Wildman–Crippen LogP) is 2.99. The third-order valence-electron chi connectivity index (χ3n) is 6.50. The molecule has 0 unspecified atom stereocenters. The number of para-hydroxylation sites is 1. The average molecular weight is 568 g/mol. The molecule has 5 rings (SSSR count). The van der Waals surface area contributed by atoms with Gasteiger partial charge in [0, 0.05) is 34.7 Å². The van der Waals surface area contributed by atoms with Gasteiger partial charge < -0.3 is 15.2 Å². The molecule has 13 heteroatoms. The lowest BCUT2D eigenvalue weighted by Crippen LogP contribution is -2.49. The first-order chi connectivity index (χ1) is 18.5. The molecule has 1 atom stereocenters. The molecule has 2 aromatic carbocycles. The van der Waals surface area contributed by atoms with Crippen LogP contribution in [-0.4, -0.2) is 47.7 Å². The largest absolute Gasteiger partial charge is 0.366 e. The van der Waals surface area contributed by atoms with Crippen molar-refractivity contribution in [2.75, 3.05) is 10.7 Å². The van der Waals surface area contributed by atoms with Gasteiger partial charge in [0.15, 0.2) is 5.76 Å². The van der Waals surface area contributed by atoms with Crippen molar-refractivity contribution >= 4 is 56.1 Å². The Balaban J connectivity index is 1.60. The molecule has 11 nitrogen and oxygen atoms in total. The van der Waals surface area contributed by atoms with E-state index in [0.717, 1.165) is 5.39 Å². The zero-order valence-corrected chi connectivity index (χ0v) is 22.9. The first kappa shape index (κ1) is 26.7. The molecule has 2 aromatic heterocycles. The number of rotatable bonds is 6. The Morgan fingerprint density at radius 1 is 1.21 bits per heavy atom. The Morgan fingerprint density at radius 3 is 2.62 bits per heavy atom. The van der Waals surface area contributed by atoms with Gasteiger partial charge in [-0.3, -0.25) is 19.0 Å². The van der Waals surface area contributed by atoms with Gasteiger partial charge in [-0.2, -0.15) is 4.72 Å². The Morgan fingerprint density at radius 2 is 1.95 bits per heavy atom. The number of aryl methyl sites for hydroxylation is 2. The molecule has 1 aliphatic heterocycles. The number of primary amides is 1. The number of hydrogen-bond donors (Lipinski definition) is 2. The van der Waals surface area contributed by atoms with Crippen LogP contribution in [0.25, 0.3) is 10.9 Å². The lowest BCUT2D eigenvalue weighted by Gasteiger charge is -2.26. The number of amides is 2. The SMILES string of the molecule is CC(=O)n1cc(CN2C(=O)[C@@H](NS(=O)(=O)c3c(C)noc3C)CSc3ccc(C(N)=O)cc32)c2ccccc21. The van der Waals surface area contributed by atoms with Crippen LogP contribution >= 0.6 is 11.8 Å². The van der Waals surface area contributed by atoms with Crippen LogP contribution in [-0.2, 0) is 21.4 Å². The number of carbonyl (C=O) groups is 3. The molecular weight excluding hydrogens is 542 g/mol. The predicted molar refractivity (Wildman–Crippen MR) is 145 cm³/mol. The summed E-state index contributed by atoms with van der Waals surface area (Å²) in [6.07, 6.45) is 1.67. The van der Waals surface area contributed by atoms with Crippen molar-refractivity contribution in [2.24, 2.45) is 5.73 Å². The van der Waals surface area contributed by atoms with Gasteiger partial charge in [-0.15, -0.1) is 11.8 Å². The molecule has 0 bridgehead atoms. The maximum atomic E-state index is 14.0. The van der Waals surface area contributed by atoms with E-state index in [4.69, 9.17) is 10.3 Å². The summed E-state index contributed by atoms with van der Waals surface area (Å²) in [5, 5.41) is 4.48. The number of carbonyl (C=O) groups excluding carboxylic acids is 3. The Bertz CT molecular complexity index is 1740. The highest BCUT2D eigenvalue weighted by Gasteiger charge is 2.36. The van der Waals surface area contributed by atoms with Crippen molar-refractivity contribution in [3.63, 3.8) is 0 Å². The van der Waals surface area contributed by atoms with Gasteiger partial charge in [0.2, 0.25) is 27.7 Å². The number of aromatic nitrogens is 2. The number of benzene rings is 2. The molecule has 3 heterocycles. The van der Waals surface area contributed by atoms with Gasteiger partial charge in [-0.05, 0) is 43.7 Å². The van der Waals surface area contributed by atoms with Crippen LogP contribution in [0.2, 0.25) is 0 Å². The summed E-state index contributed by atoms with van der Waals surface area (Å²) in [6.45, 7) is 4.44. The van der Waals surface area contributed by atoms with Gasteiger partial charge >= 0.3 is 0 Å². The number of nitrogens with zero attached hydrogens (tertiary/aromatic N) is 3. The van der Waals surface area contributed by atoms with E-state index in [1.54, 1.807) is 24.4 Å². The van der Waals surface area contributed by atoms with E-state index in [1.165, 1.54) is 48.1 Å². The maximum absolute atomic E-state index is 14.0. The van der Waals surface area contributed by atoms with E-state index in [2.05, 4.69) is 9.88 Å². The van der Waals surface area contributed by atoms with Gasteiger partial charge in [0.25, 0.3) is 0 Å². The van der Waals surface area contributed by atoms with Gasteiger partial charge in [0.05, 0.1) is 17.7 Å². The number of sulfonamides is 1. The molecule has 0 aliphatic carbocycles. The maximum Gasteiger partial charge on any atom is 0.248 e. The van der Waals surface area contributed by atoms with Crippen LogP contribution in [0.15, 0.2) is 63.0 Å². The highest BCUT2D eigenvalue weighted by atomic mass is 32.2. The molecule has 202 valence electrons. The topological polar surface area (TPSA) is 158 Å². The monoisotopic (exact) mass is 567 g/mol. The molecule has 0 saturated carbocycles. The summed E-state index contributed by atoms with van der Waals surface area (Å²) < 4.78 is 35.7. The fraction of sp³-hybridized carbons (Fsp3) is 0.231. The fourth-order valence-corrected chi connectivity index (χ4v) is 7.39. The van der Waals surface area contributed by atoms with Crippen molar-refractivity contribution in [3.8, 4) is 0 Å². The standard InChI is InChI=1S/C26H25N5O6S2/c1-14-24(15(2)37-28-14)39(35,36)29-20-13-38-23-9-8-17(25(27)33)10-22(23)31(26(20)34)12-18-11-30(16(3)32)21-7-5-4-6-19(18)21/h4-11,20,29H,12-13H2,1-3H3,(H2,27,33)/t20-/m0/s1. The Hall–Kier alpha value is -3.94. The van der Waals surface area contributed by atoms with Crippen molar-refractivity contribution < 1.29 is 27.3 Å². The number of thioether (sulfide) groups is 1. The van der Waals surface area contributed by atoms with Gasteiger partial charge in [-0.25, -0.2) is 8.42 Å². The molecule has 4 aromatic rings. The molecule has 0 fully saturated rings. The first-order valence-corrected chi connectivity index (χ1v) is 14.4. The Kier molecular flexibility index (Phi) is 6.83.